The maximum Gasteiger partial charge on any atom is 0.481 e. The summed E-state index contributed by atoms with van der Waals surface area (Å²) in [6.45, 7) is 1.64. The number of unbranched alkanes of at least 4 members (excludes halogenated alkanes) is 16. The third kappa shape index (κ3) is 34.0. The highest BCUT2D eigenvalue weighted by molar-refractivity contribution is 8.00. The number of carboxylic acids is 1. The van der Waals surface area contributed by atoms with Gasteiger partial charge in [0.05, 0.1) is 19.3 Å². The average Bonchev–Trinajstić information content (AvgIpc) is 3.81. The van der Waals surface area contributed by atoms with Gasteiger partial charge in [0.15, 0.2) is 12.3 Å². The molecule has 1 aromatic rings. The third-order valence-electron chi connectivity index (χ3n) is 12.6. The molecule has 456 valence electrons. The number of aliphatic hydroxyl groups excluding tert-OH is 3. The Balaban J connectivity index is 2.04. The van der Waals surface area contributed by atoms with E-state index >= 15 is 0 Å². The van der Waals surface area contributed by atoms with Gasteiger partial charge in [-0.05, 0) is 70.3 Å². The van der Waals surface area contributed by atoms with Gasteiger partial charge in [0.25, 0.3) is 0 Å². The predicted molar refractivity (Wildman–Crippen MR) is 308 cm³/mol. The Morgan fingerprint density at radius 3 is 2.01 bits per heavy atom. The van der Waals surface area contributed by atoms with Crippen molar-refractivity contribution in [3.63, 3.8) is 0 Å². The maximum absolute atomic E-state index is 13.4. The van der Waals surface area contributed by atoms with Crippen LogP contribution >= 0.6 is 27.4 Å². The fourth-order valence-corrected chi connectivity index (χ4v) is 11.3. The zero-order chi connectivity index (χ0) is 59.0. The number of nitrogens with zero attached hydrogens (tertiary/aromatic N) is 2. The second-order valence-corrected chi connectivity index (χ2v) is 23.9. The van der Waals surface area contributed by atoms with Crippen LogP contribution in [0.1, 0.15) is 174 Å². The topological polar surface area (TPSA) is 349 Å². The fraction of sp³-hybridized carbons (Fsp3) is 0.691. The minimum Gasteiger partial charge on any atom is -0.481 e. The first kappa shape index (κ1) is 72.3. The molecule has 0 radical (unpaired) electrons. The molecule has 0 saturated carbocycles. The standard InChI is InChI=1S/C55H92N4O18P2S/c1-3-5-7-9-11-13-15-17-18-19-20-21-23-25-27-29-31-36-50(63)72-39-43(40-73-78(68,69)77-79(70,71)74-41-46-51(64)52(65)53(76-46)59-38-37-48(57)58-55(59)67)75-54(66)44(56)42-80-47(45(60)33-32-35-49(61)62)34-30-28-26-24-22-16-14-12-10-8-6-4-2/h12,14,17-18,22,24,26,28,30,34,37-38,43-47,51-53,60,64-65H,3-11,13,15-16,19-21,23,25,27,29,31-33,35-36,39-42,56H2,1-2H3,(H,61,62)(H,68,69)(H,70,71)(H2,57,58,67)/b14-12-,18-17-,24-22-,28-26+,34-30+/t43-,44+,45+,46-,47-,51-,52-,53-/m1/s1. The summed E-state index contributed by atoms with van der Waals surface area (Å²) in [6.07, 6.45) is 33.4. The Bertz CT molecular complexity index is 2210. The number of anilines is 1. The summed E-state index contributed by atoms with van der Waals surface area (Å²) in [5, 5.41) is 40.5. The minimum absolute atomic E-state index is 0.0181. The van der Waals surface area contributed by atoms with Crippen LogP contribution < -0.4 is 17.2 Å². The van der Waals surface area contributed by atoms with Gasteiger partial charge in [0, 0.05) is 30.0 Å². The van der Waals surface area contributed by atoms with E-state index < -0.39 is 107 Å². The van der Waals surface area contributed by atoms with E-state index in [-0.39, 0.29) is 37.3 Å². The number of nitrogen functional groups attached to an aromatic ring is 1. The Labute approximate surface area is 476 Å². The predicted octanol–water partition coefficient (Wildman–Crippen LogP) is 9.21. The summed E-state index contributed by atoms with van der Waals surface area (Å²) in [6, 6.07) is -0.163. The number of hydrogen-bond donors (Lipinski definition) is 8. The number of nitrogens with two attached hydrogens (primary N) is 2. The number of ether oxygens (including phenoxy) is 3. The van der Waals surface area contributed by atoms with Crippen LogP contribution in [0.4, 0.5) is 5.82 Å². The number of aromatic nitrogens is 2. The number of rotatable bonds is 47. The van der Waals surface area contributed by atoms with Crippen molar-refractivity contribution in [2.24, 2.45) is 5.73 Å². The first-order valence-electron chi connectivity index (χ1n) is 28.2. The lowest BCUT2D eigenvalue weighted by Crippen LogP contribution is -2.40. The molecule has 1 aliphatic rings. The lowest BCUT2D eigenvalue weighted by atomic mass is 10.1. The molecule has 2 unspecified atom stereocenters. The van der Waals surface area contributed by atoms with Crippen LogP contribution in [-0.4, -0.2) is 125 Å². The van der Waals surface area contributed by atoms with E-state index in [2.05, 4.69) is 47.4 Å². The second kappa shape index (κ2) is 42.9. The summed E-state index contributed by atoms with van der Waals surface area (Å²) >= 11 is 1.09. The molecule has 1 saturated heterocycles. The number of aliphatic hydroxyl groups is 3. The molecule has 0 amide bonds. The van der Waals surface area contributed by atoms with E-state index in [1.54, 1.807) is 18.2 Å². The van der Waals surface area contributed by atoms with Crippen molar-refractivity contribution in [2.75, 3.05) is 31.3 Å². The molecule has 1 aliphatic heterocycles. The zero-order valence-corrected chi connectivity index (χ0v) is 49.4. The molecule has 2 rings (SSSR count). The summed E-state index contributed by atoms with van der Waals surface area (Å²) in [7, 11) is -11.1. The van der Waals surface area contributed by atoms with Crippen molar-refractivity contribution in [1.82, 2.24) is 9.55 Å². The molecule has 0 bridgehead atoms. The number of carbonyl (C=O) groups excluding carboxylic acids is 2. The lowest BCUT2D eigenvalue weighted by molar-refractivity contribution is -0.161. The molecule has 0 aliphatic carbocycles. The first-order valence-corrected chi connectivity index (χ1v) is 32.3. The van der Waals surface area contributed by atoms with Crippen LogP contribution in [0, 0.1) is 0 Å². The van der Waals surface area contributed by atoms with Gasteiger partial charge in [-0.15, -0.1) is 11.8 Å². The summed E-state index contributed by atoms with van der Waals surface area (Å²) in [4.78, 5) is 74.2. The highest BCUT2D eigenvalue weighted by Crippen LogP contribution is 2.60. The molecular weight excluding hydrogens is 1100 g/mol. The molecule has 25 heteroatoms. The van der Waals surface area contributed by atoms with Crippen LogP contribution in [0.3, 0.4) is 0 Å². The largest absolute Gasteiger partial charge is 0.481 e. The summed E-state index contributed by atoms with van der Waals surface area (Å²) in [5.74, 6) is -3.03. The Hall–Kier alpha value is -3.80. The lowest BCUT2D eigenvalue weighted by Gasteiger charge is -2.23. The van der Waals surface area contributed by atoms with Gasteiger partial charge in [-0.25, -0.2) is 13.9 Å². The minimum atomic E-state index is -5.58. The van der Waals surface area contributed by atoms with Gasteiger partial charge >= 0.3 is 39.2 Å². The number of allylic oxidation sites excluding steroid dienone is 9. The normalized spacial score (nSPS) is 19.9. The number of aliphatic carboxylic acids is 1. The van der Waals surface area contributed by atoms with E-state index in [9.17, 15) is 53.4 Å². The van der Waals surface area contributed by atoms with E-state index in [4.69, 9.17) is 39.8 Å². The van der Waals surface area contributed by atoms with Gasteiger partial charge in [-0.2, -0.15) is 9.29 Å². The number of thioether (sulfide) groups is 1. The van der Waals surface area contributed by atoms with Crippen LogP contribution in [0.25, 0.3) is 0 Å². The van der Waals surface area contributed by atoms with E-state index in [0.717, 1.165) is 99.6 Å². The van der Waals surface area contributed by atoms with Crippen molar-refractivity contribution in [2.45, 2.75) is 216 Å². The Morgan fingerprint density at radius 2 is 1.36 bits per heavy atom. The summed E-state index contributed by atoms with van der Waals surface area (Å²) < 4.78 is 57.1. The highest BCUT2D eigenvalue weighted by Gasteiger charge is 2.46. The molecule has 22 nitrogen and oxygen atoms in total. The Morgan fingerprint density at radius 1 is 0.775 bits per heavy atom. The van der Waals surface area contributed by atoms with Crippen molar-refractivity contribution in [3.8, 4) is 0 Å². The SMILES string of the molecule is CCCCC/C=C\C\C=C/C=C/C=C/[C@@H](SC[C@H](N)C(=O)O[C@H](COC(=O)CCCCCCCCC/C=C\CCCCCCCC)COP(=O)(O)OP(=O)(O)OC[C@H]1O[C@@H](n2ccc(N)nc2=O)[C@H](O)[C@@H]1O)[C@@H](O)CCCC(=O)O. The quantitative estimate of drug-likeness (QED) is 0.00990. The molecule has 10 atom stereocenters. The van der Waals surface area contributed by atoms with Crippen molar-refractivity contribution in [1.29, 1.82) is 0 Å². The monoisotopic (exact) mass is 1190 g/mol. The summed E-state index contributed by atoms with van der Waals surface area (Å²) in [5.41, 5.74) is 10.8. The van der Waals surface area contributed by atoms with Crippen molar-refractivity contribution < 1.29 is 81.3 Å². The molecule has 0 spiro atoms. The van der Waals surface area contributed by atoms with Gasteiger partial charge in [-0.3, -0.25) is 28.0 Å². The maximum atomic E-state index is 13.4. The van der Waals surface area contributed by atoms with Crippen molar-refractivity contribution >= 4 is 51.1 Å². The molecule has 2 heterocycles. The average molecular weight is 1190 g/mol. The number of hydrogen-bond acceptors (Lipinski definition) is 19. The molecule has 80 heavy (non-hydrogen) atoms. The first-order chi connectivity index (χ1) is 38.3. The third-order valence-corrected chi connectivity index (χ3v) is 16.6. The van der Waals surface area contributed by atoms with Crippen LogP contribution in [0.15, 0.2) is 77.8 Å². The van der Waals surface area contributed by atoms with Gasteiger partial charge in [0.2, 0.25) is 0 Å². The van der Waals surface area contributed by atoms with E-state index in [1.807, 2.05) is 18.2 Å². The number of carboxylic acid groups (broad SMARTS) is 1. The molecule has 10 N–H and O–H groups in total. The number of phosphoric acid groups is 2. The smallest absolute Gasteiger partial charge is 0.481 e. The molecular formula is C55H92N4O18P2S. The van der Waals surface area contributed by atoms with Crippen LogP contribution in [0.5, 0.6) is 0 Å². The molecule has 1 fully saturated rings. The number of phosphoric ester groups is 2. The van der Waals surface area contributed by atoms with Crippen molar-refractivity contribution in [3.05, 3.63) is 83.5 Å². The van der Waals surface area contributed by atoms with Gasteiger partial charge in [0.1, 0.15) is 36.8 Å². The van der Waals surface area contributed by atoms with E-state index in [0.29, 0.717) is 6.42 Å². The highest BCUT2D eigenvalue weighted by atomic mass is 32.2. The Kier molecular flexibility index (Phi) is 38.8. The molecule has 0 aromatic carbocycles. The zero-order valence-electron chi connectivity index (χ0n) is 46.8. The van der Waals surface area contributed by atoms with Crippen LogP contribution in [-0.2, 0) is 51.1 Å². The molecule has 1 aromatic heterocycles. The van der Waals surface area contributed by atoms with E-state index in [1.165, 1.54) is 51.0 Å². The number of esters is 2. The van der Waals surface area contributed by atoms with Gasteiger partial charge in [-0.1, -0.05) is 152 Å². The second-order valence-electron chi connectivity index (χ2n) is 19.6. The fourth-order valence-electron chi connectivity index (χ4n) is 8.03. The van der Waals surface area contributed by atoms with Gasteiger partial charge < -0.3 is 55.9 Å². The van der Waals surface area contributed by atoms with Crippen LogP contribution in [0.2, 0.25) is 0 Å². The number of carbonyl (C=O) groups is 3.